The molecule has 2 aromatic rings. The van der Waals surface area contributed by atoms with E-state index in [1.54, 1.807) is 18.2 Å². The minimum atomic E-state index is 0.0960. The summed E-state index contributed by atoms with van der Waals surface area (Å²) in [5, 5.41) is 10.5. The van der Waals surface area contributed by atoms with Gasteiger partial charge in [-0.3, -0.25) is 0 Å². The SMILES string of the molecule is Oc1cc2cc(Cl)sc2cc1Cl. The molecule has 0 saturated heterocycles. The standard InChI is InChI=1S/C8H4Cl2OS/c9-5-3-7-4(1-6(5)11)2-8(10)12-7/h1-3,11H. The van der Waals surface area contributed by atoms with Crippen LogP contribution in [0.5, 0.6) is 5.75 Å². The van der Waals surface area contributed by atoms with Crippen LogP contribution in [-0.4, -0.2) is 5.11 Å². The van der Waals surface area contributed by atoms with Crippen LogP contribution in [0.25, 0.3) is 10.1 Å². The molecule has 0 bridgehead atoms. The Morgan fingerprint density at radius 3 is 2.67 bits per heavy atom. The molecule has 1 aromatic heterocycles. The van der Waals surface area contributed by atoms with E-state index in [9.17, 15) is 5.11 Å². The third kappa shape index (κ3) is 1.26. The summed E-state index contributed by atoms with van der Waals surface area (Å²) < 4.78 is 1.69. The second-order valence-corrected chi connectivity index (χ2v) is 4.51. The summed E-state index contributed by atoms with van der Waals surface area (Å²) in [6, 6.07) is 5.13. The van der Waals surface area contributed by atoms with E-state index >= 15 is 0 Å². The number of fused-ring (bicyclic) bond motifs is 1. The summed E-state index contributed by atoms with van der Waals surface area (Å²) in [4.78, 5) is 0. The fourth-order valence-electron chi connectivity index (χ4n) is 1.02. The largest absolute Gasteiger partial charge is 0.506 e. The molecule has 0 spiro atoms. The van der Waals surface area contributed by atoms with Gasteiger partial charge in [-0.1, -0.05) is 23.2 Å². The molecule has 2 rings (SSSR count). The maximum absolute atomic E-state index is 9.26. The summed E-state index contributed by atoms with van der Waals surface area (Å²) in [5.41, 5.74) is 0. The highest BCUT2D eigenvalue weighted by atomic mass is 35.5. The first-order valence-corrected chi connectivity index (χ1v) is 4.81. The van der Waals surface area contributed by atoms with Gasteiger partial charge in [0.15, 0.2) is 0 Å². The Morgan fingerprint density at radius 1 is 1.17 bits per heavy atom. The predicted octanol–water partition coefficient (Wildman–Crippen LogP) is 3.91. The van der Waals surface area contributed by atoms with E-state index in [1.165, 1.54) is 11.3 Å². The average molecular weight is 219 g/mol. The topological polar surface area (TPSA) is 20.2 Å². The van der Waals surface area contributed by atoms with Gasteiger partial charge in [-0.15, -0.1) is 11.3 Å². The van der Waals surface area contributed by atoms with Crippen LogP contribution in [0.2, 0.25) is 9.36 Å². The maximum Gasteiger partial charge on any atom is 0.134 e. The van der Waals surface area contributed by atoms with Crippen molar-refractivity contribution in [2.24, 2.45) is 0 Å². The highest BCUT2D eigenvalue weighted by molar-refractivity contribution is 7.22. The number of phenols is 1. The maximum atomic E-state index is 9.26. The molecule has 0 unspecified atom stereocenters. The minimum Gasteiger partial charge on any atom is -0.506 e. The van der Waals surface area contributed by atoms with Crippen LogP contribution in [0.3, 0.4) is 0 Å². The molecule has 1 nitrogen and oxygen atoms in total. The smallest absolute Gasteiger partial charge is 0.134 e. The van der Waals surface area contributed by atoms with Gasteiger partial charge in [0.05, 0.1) is 9.36 Å². The molecular formula is C8H4Cl2OS. The van der Waals surface area contributed by atoms with Crippen LogP contribution in [-0.2, 0) is 0 Å². The first-order valence-electron chi connectivity index (χ1n) is 3.24. The molecule has 0 amide bonds. The third-order valence-corrected chi connectivity index (χ3v) is 3.09. The van der Waals surface area contributed by atoms with Gasteiger partial charge in [0, 0.05) is 4.70 Å². The van der Waals surface area contributed by atoms with E-state index in [1.807, 2.05) is 0 Å². The highest BCUT2D eigenvalue weighted by Gasteiger charge is 2.04. The molecule has 0 aliphatic carbocycles. The fourth-order valence-corrected chi connectivity index (χ4v) is 2.42. The number of hydrogen-bond donors (Lipinski definition) is 1. The van der Waals surface area contributed by atoms with E-state index in [4.69, 9.17) is 23.2 Å². The molecule has 4 heteroatoms. The predicted molar refractivity (Wildman–Crippen MR) is 53.5 cm³/mol. The molecule has 0 aliphatic rings. The van der Waals surface area contributed by atoms with Crippen LogP contribution < -0.4 is 0 Å². The van der Waals surface area contributed by atoms with Gasteiger partial charge in [0.1, 0.15) is 5.75 Å². The highest BCUT2D eigenvalue weighted by Crippen LogP contribution is 2.35. The molecule has 1 aromatic carbocycles. The van der Waals surface area contributed by atoms with Crippen LogP contribution >= 0.6 is 34.5 Å². The molecule has 0 aliphatic heterocycles. The van der Waals surface area contributed by atoms with Crippen molar-refractivity contribution in [3.05, 3.63) is 27.6 Å². The van der Waals surface area contributed by atoms with Crippen molar-refractivity contribution in [1.82, 2.24) is 0 Å². The van der Waals surface area contributed by atoms with Gasteiger partial charge < -0.3 is 5.11 Å². The number of halogens is 2. The molecule has 12 heavy (non-hydrogen) atoms. The summed E-state index contributed by atoms with van der Waals surface area (Å²) in [6.07, 6.45) is 0. The van der Waals surface area contributed by atoms with E-state index in [2.05, 4.69) is 0 Å². The van der Waals surface area contributed by atoms with Crippen molar-refractivity contribution in [3.8, 4) is 5.75 Å². The lowest BCUT2D eigenvalue weighted by molar-refractivity contribution is 0.476. The number of benzene rings is 1. The monoisotopic (exact) mass is 218 g/mol. The molecule has 1 heterocycles. The number of thiophene rings is 1. The van der Waals surface area contributed by atoms with Crippen molar-refractivity contribution in [2.75, 3.05) is 0 Å². The fraction of sp³-hybridized carbons (Fsp3) is 0. The molecule has 0 radical (unpaired) electrons. The Hall–Kier alpha value is -0.440. The Morgan fingerprint density at radius 2 is 1.92 bits per heavy atom. The van der Waals surface area contributed by atoms with Gasteiger partial charge in [-0.25, -0.2) is 0 Å². The van der Waals surface area contributed by atoms with Crippen molar-refractivity contribution in [3.63, 3.8) is 0 Å². The molecule has 62 valence electrons. The number of phenolic OH excluding ortho intramolecular Hbond substituents is 1. The van der Waals surface area contributed by atoms with Crippen molar-refractivity contribution < 1.29 is 5.11 Å². The zero-order chi connectivity index (χ0) is 8.72. The van der Waals surface area contributed by atoms with Crippen LogP contribution in [0, 0.1) is 0 Å². The van der Waals surface area contributed by atoms with E-state index in [0.717, 1.165) is 10.1 Å². The molecule has 0 atom stereocenters. The van der Waals surface area contributed by atoms with Gasteiger partial charge in [0.25, 0.3) is 0 Å². The van der Waals surface area contributed by atoms with E-state index < -0.39 is 0 Å². The molecular weight excluding hydrogens is 215 g/mol. The second-order valence-electron chi connectivity index (χ2n) is 2.39. The first kappa shape index (κ1) is 8.17. The zero-order valence-corrected chi connectivity index (χ0v) is 8.17. The van der Waals surface area contributed by atoms with Crippen molar-refractivity contribution in [2.45, 2.75) is 0 Å². The van der Waals surface area contributed by atoms with Gasteiger partial charge in [0.2, 0.25) is 0 Å². The number of aromatic hydroxyl groups is 1. The molecule has 1 N–H and O–H groups in total. The Labute approximate surface area is 83.2 Å². The normalized spacial score (nSPS) is 10.8. The summed E-state index contributed by atoms with van der Waals surface area (Å²) >= 11 is 12.9. The van der Waals surface area contributed by atoms with Crippen molar-refractivity contribution >= 4 is 44.6 Å². The number of rotatable bonds is 0. The Bertz CT molecular complexity index is 397. The zero-order valence-electron chi connectivity index (χ0n) is 5.84. The first-order chi connectivity index (χ1) is 5.66. The third-order valence-electron chi connectivity index (χ3n) is 1.56. The lowest BCUT2D eigenvalue weighted by Crippen LogP contribution is -1.66. The van der Waals surface area contributed by atoms with E-state index in [0.29, 0.717) is 9.36 Å². The quantitative estimate of drug-likeness (QED) is 0.711. The lowest BCUT2D eigenvalue weighted by Gasteiger charge is -1.94. The van der Waals surface area contributed by atoms with E-state index in [-0.39, 0.29) is 5.75 Å². The summed E-state index contributed by atoms with van der Waals surface area (Å²) in [7, 11) is 0. The van der Waals surface area contributed by atoms with Gasteiger partial charge in [-0.2, -0.15) is 0 Å². The summed E-state index contributed by atoms with van der Waals surface area (Å²) in [5.74, 6) is 0.0960. The minimum absolute atomic E-state index is 0.0960. The van der Waals surface area contributed by atoms with Crippen LogP contribution in [0.4, 0.5) is 0 Å². The van der Waals surface area contributed by atoms with Gasteiger partial charge in [-0.05, 0) is 23.6 Å². The lowest BCUT2D eigenvalue weighted by atomic mass is 10.2. The number of hydrogen-bond acceptors (Lipinski definition) is 2. The summed E-state index contributed by atoms with van der Waals surface area (Å²) in [6.45, 7) is 0. The molecule has 0 saturated carbocycles. The Balaban J connectivity index is 2.83. The van der Waals surface area contributed by atoms with Crippen molar-refractivity contribution in [1.29, 1.82) is 0 Å². The Kier molecular flexibility index (Phi) is 1.91. The van der Waals surface area contributed by atoms with Crippen LogP contribution in [0.15, 0.2) is 18.2 Å². The van der Waals surface area contributed by atoms with Crippen LogP contribution in [0.1, 0.15) is 0 Å². The van der Waals surface area contributed by atoms with Gasteiger partial charge >= 0.3 is 0 Å². The average Bonchev–Trinajstić information content (AvgIpc) is 2.30. The molecule has 0 fully saturated rings. The second kappa shape index (κ2) is 2.80.